The summed E-state index contributed by atoms with van der Waals surface area (Å²) < 4.78 is 13.5. The van der Waals surface area contributed by atoms with Gasteiger partial charge in [-0.25, -0.2) is 4.39 Å². The molecule has 0 aliphatic carbocycles. The molecule has 1 aromatic carbocycles. The summed E-state index contributed by atoms with van der Waals surface area (Å²) in [6.07, 6.45) is 1.14. The Morgan fingerprint density at radius 3 is 2.94 bits per heavy atom. The molecular formula is C13H18ClFN2. The third-order valence-corrected chi connectivity index (χ3v) is 3.75. The number of aryl methyl sites for hydroxylation is 1. The summed E-state index contributed by atoms with van der Waals surface area (Å²) in [5.41, 5.74) is 1.49. The van der Waals surface area contributed by atoms with Crippen LogP contribution in [0, 0.1) is 12.7 Å². The van der Waals surface area contributed by atoms with Crippen molar-refractivity contribution in [1.82, 2.24) is 10.2 Å². The maximum Gasteiger partial charge on any atom is 0.126 e. The van der Waals surface area contributed by atoms with Crippen molar-refractivity contribution >= 4 is 11.6 Å². The number of hydrogen-bond donors (Lipinski definition) is 1. The molecule has 0 bridgehead atoms. The molecule has 1 heterocycles. The molecule has 1 saturated heterocycles. The van der Waals surface area contributed by atoms with Crippen LogP contribution in [0.1, 0.15) is 17.5 Å². The van der Waals surface area contributed by atoms with Gasteiger partial charge in [-0.15, -0.1) is 0 Å². The monoisotopic (exact) mass is 256 g/mol. The van der Waals surface area contributed by atoms with Gasteiger partial charge in [-0.05, 0) is 43.7 Å². The summed E-state index contributed by atoms with van der Waals surface area (Å²) in [5, 5.41) is 3.93. The molecular weight excluding hydrogens is 239 g/mol. The lowest BCUT2D eigenvalue weighted by Gasteiger charge is -2.17. The van der Waals surface area contributed by atoms with Crippen LogP contribution in [-0.2, 0) is 6.54 Å². The van der Waals surface area contributed by atoms with E-state index in [1.54, 1.807) is 19.1 Å². The molecule has 2 nitrogen and oxygen atoms in total. The van der Waals surface area contributed by atoms with Crippen LogP contribution in [0.3, 0.4) is 0 Å². The van der Waals surface area contributed by atoms with E-state index in [4.69, 9.17) is 11.6 Å². The van der Waals surface area contributed by atoms with E-state index in [9.17, 15) is 4.39 Å². The molecule has 2 rings (SSSR count). The van der Waals surface area contributed by atoms with E-state index in [1.165, 1.54) is 0 Å². The minimum Gasteiger partial charge on any atom is -0.316 e. The van der Waals surface area contributed by atoms with Gasteiger partial charge in [-0.3, -0.25) is 4.90 Å². The third kappa shape index (κ3) is 2.97. The van der Waals surface area contributed by atoms with Crippen LogP contribution in [0.5, 0.6) is 0 Å². The quantitative estimate of drug-likeness (QED) is 0.894. The lowest BCUT2D eigenvalue weighted by Crippen LogP contribution is -2.29. The lowest BCUT2D eigenvalue weighted by atomic mass is 10.1. The van der Waals surface area contributed by atoms with Gasteiger partial charge in [0.05, 0.1) is 0 Å². The van der Waals surface area contributed by atoms with Gasteiger partial charge in [-0.1, -0.05) is 11.6 Å². The lowest BCUT2D eigenvalue weighted by molar-refractivity contribution is 0.322. The maximum atomic E-state index is 13.5. The Hall–Kier alpha value is -0.640. The number of benzene rings is 1. The number of likely N-dealkylation sites (N-methyl/N-ethyl adjacent to an activating group) is 1. The normalized spacial score (nSPS) is 21.1. The minimum atomic E-state index is -0.172. The first-order valence-corrected chi connectivity index (χ1v) is 6.32. The number of rotatable bonds is 3. The Bertz CT molecular complexity index is 409. The number of halogens is 2. The summed E-state index contributed by atoms with van der Waals surface area (Å²) >= 11 is 6.14. The Kier molecular flexibility index (Phi) is 4.02. The summed E-state index contributed by atoms with van der Waals surface area (Å²) in [6.45, 7) is 4.51. The van der Waals surface area contributed by atoms with Crippen LogP contribution < -0.4 is 5.32 Å². The minimum absolute atomic E-state index is 0.172. The van der Waals surface area contributed by atoms with Crippen molar-refractivity contribution in [2.45, 2.75) is 25.9 Å². The van der Waals surface area contributed by atoms with Crippen LogP contribution in [0.15, 0.2) is 12.1 Å². The fourth-order valence-corrected chi connectivity index (χ4v) is 2.54. The first kappa shape index (κ1) is 12.8. The van der Waals surface area contributed by atoms with Gasteiger partial charge >= 0.3 is 0 Å². The molecule has 94 valence electrons. The third-order valence-electron chi connectivity index (χ3n) is 3.40. The molecule has 1 aliphatic rings. The van der Waals surface area contributed by atoms with Crippen molar-refractivity contribution in [2.75, 3.05) is 20.1 Å². The zero-order valence-corrected chi connectivity index (χ0v) is 11.0. The smallest absolute Gasteiger partial charge is 0.126 e. The highest BCUT2D eigenvalue weighted by Crippen LogP contribution is 2.23. The molecule has 1 atom stereocenters. The van der Waals surface area contributed by atoms with Crippen molar-refractivity contribution < 1.29 is 4.39 Å². The average Bonchev–Trinajstić information content (AvgIpc) is 2.73. The molecule has 0 radical (unpaired) electrons. The fourth-order valence-electron chi connectivity index (χ4n) is 2.26. The standard InChI is InChI=1S/C13H18ClFN2/c1-9-5-12(14)10(6-13(9)15)7-17-4-3-11(8-17)16-2/h5-6,11,16H,3-4,7-8H2,1-2H3. The highest BCUT2D eigenvalue weighted by Gasteiger charge is 2.21. The summed E-state index contributed by atoms with van der Waals surface area (Å²) in [4.78, 5) is 2.30. The van der Waals surface area contributed by atoms with Crippen molar-refractivity contribution in [1.29, 1.82) is 0 Å². The Morgan fingerprint density at radius 1 is 1.53 bits per heavy atom. The topological polar surface area (TPSA) is 15.3 Å². The predicted octanol–water partition coefficient (Wildman–Crippen LogP) is 2.58. The number of likely N-dealkylation sites (tertiary alicyclic amines) is 1. The van der Waals surface area contributed by atoms with Crippen LogP contribution in [0.2, 0.25) is 5.02 Å². The van der Waals surface area contributed by atoms with Crippen molar-refractivity contribution in [2.24, 2.45) is 0 Å². The summed E-state index contributed by atoms with van der Waals surface area (Å²) in [5.74, 6) is -0.172. The second-order valence-electron chi connectivity index (χ2n) is 4.70. The molecule has 0 spiro atoms. The molecule has 1 aromatic rings. The van der Waals surface area contributed by atoms with E-state index >= 15 is 0 Å². The van der Waals surface area contributed by atoms with E-state index in [-0.39, 0.29) is 5.82 Å². The first-order chi connectivity index (χ1) is 8.10. The largest absolute Gasteiger partial charge is 0.316 e. The number of nitrogens with one attached hydrogen (secondary N) is 1. The zero-order valence-electron chi connectivity index (χ0n) is 10.3. The van der Waals surface area contributed by atoms with Gasteiger partial charge in [0.2, 0.25) is 0 Å². The Balaban J connectivity index is 2.06. The van der Waals surface area contributed by atoms with Crippen LogP contribution in [0.25, 0.3) is 0 Å². The molecule has 0 saturated carbocycles. The van der Waals surface area contributed by atoms with Gasteiger partial charge < -0.3 is 5.32 Å². The van der Waals surface area contributed by atoms with Crippen molar-refractivity contribution in [3.8, 4) is 0 Å². The molecule has 17 heavy (non-hydrogen) atoms. The zero-order chi connectivity index (χ0) is 12.4. The molecule has 1 unspecified atom stereocenters. The molecule has 1 fully saturated rings. The van der Waals surface area contributed by atoms with Crippen molar-refractivity contribution in [3.63, 3.8) is 0 Å². The molecule has 0 amide bonds. The van der Waals surface area contributed by atoms with E-state index < -0.39 is 0 Å². The van der Waals surface area contributed by atoms with Gasteiger partial charge in [0, 0.05) is 30.7 Å². The number of hydrogen-bond acceptors (Lipinski definition) is 2. The fraction of sp³-hybridized carbons (Fsp3) is 0.538. The van der Waals surface area contributed by atoms with E-state index in [1.807, 2.05) is 7.05 Å². The molecule has 0 aromatic heterocycles. The summed E-state index contributed by atoms with van der Waals surface area (Å²) in [6, 6.07) is 3.81. The highest BCUT2D eigenvalue weighted by atomic mass is 35.5. The average molecular weight is 257 g/mol. The van der Waals surface area contributed by atoms with Crippen LogP contribution >= 0.6 is 11.6 Å². The van der Waals surface area contributed by atoms with E-state index in [2.05, 4.69) is 10.2 Å². The van der Waals surface area contributed by atoms with Crippen molar-refractivity contribution in [3.05, 3.63) is 34.1 Å². The SMILES string of the molecule is CNC1CCN(Cc2cc(F)c(C)cc2Cl)C1. The van der Waals surface area contributed by atoms with E-state index in [0.717, 1.165) is 31.6 Å². The molecule has 1 N–H and O–H groups in total. The second-order valence-corrected chi connectivity index (χ2v) is 5.11. The van der Waals surface area contributed by atoms with Gasteiger partial charge in [0.15, 0.2) is 0 Å². The second kappa shape index (κ2) is 5.34. The van der Waals surface area contributed by atoms with Gasteiger partial charge in [0.1, 0.15) is 5.82 Å². The predicted molar refractivity (Wildman–Crippen MR) is 68.9 cm³/mol. The van der Waals surface area contributed by atoms with Crippen LogP contribution in [0.4, 0.5) is 4.39 Å². The highest BCUT2D eigenvalue weighted by molar-refractivity contribution is 6.31. The molecule has 1 aliphatic heterocycles. The molecule has 4 heteroatoms. The first-order valence-electron chi connectivity index (χ1n) is 5.94. The van der Waals surface area contributed by atoms with Crippen LogP contribution in [-0.4, -0.2) is 31.1 Å². The van der Waals surface area contributed by atoms with E-state index in [0.29, 0.717) is 16.6 Å². The Labute approximate surface area is 107 Å². The van der Waals surface area contributed by atoms with Gasteiger partial charge in [0.25, 0.3) is 0 Å². The summed E-state index contributed by atoms with van der Waals surface area (Å²) in [7, 11) is 1.98. The number of nitrogens with zero attached hydrogens (tertiary/aromatic N) is 1. The Morgan fingerprint density at radius 2 is 2.29 bits per heavy atom. The maximum absolute atomic E-state index is 13.5. The van der Waals surface area contributed by atoms with Gasteiger partial charge in [-0.2, -0.15) is 0 Å².